The van der Waals surface area contributed by atoms with Crippen molar-refractivity contribution in [3.8, 4) is 12.1 Å². The summed E-state index contributed by atoms with van der Waals surface area (Å²) in [7, 11) is -4.05. The number of alkyl halides is 3. The van der Waals surface area contributed by atoms with E-state index in [1.54, 1.807) is 0 Å². The Bertz CT molecular complexity index is 1760. The van der Waals surface area contributed by atoms with Crippen LogP contribution >= 0.6 is 0 Å². The molecule has 2 saturated heterocycles. The molecular weight excluding hydrogens is 621 g/mol. The highest BCUT2D eigenvalue weighted by Gasteiger charge is 2.47. The molecule has 1 atom stereocenters. The summed E-state index contributed by atoms with van der Waals surface area (Å²) < 4.78 is 66.9. The third kappa shape index (κ3) is 6.32. The Kier molecular flexibility index (Phi) is 9.16. The third-order valence-corrected chi connectivity index (χ3v) is 10.0. The number of nitrogens with zero attached hydrogens (tertiary/aromatic N) is 6. The second kappa shape index (κ2) is 12.8. The number of piperidine rings is 2. The standard InChI is InChI=1S/C32H33F3N6O4S/c1-21-27(20-37)29(26-10-9-22(19-36)17-28(26)46(2,44)45)41(31(43)40(21)25-8-6-7-23(18-25)32(33,34)35)30(42)39-15-11-24(12-16-39)38-13-4-3-5-14-38/h6-10,17-18,24,29H,3-5,11-16H2,1-2H3/t29-/m1/s1. The van der Waals surface area contributed by atoms with Crippen molar-refractivity contribution in [3.63, 3.8) is 0 Å². The Balaban J connectivity index is 1.63. The molecule has 0 radical (unpaired) electrons. The molecule has 2 aromatic rings. The van der Waals surface area contributed by atoms with Crippen molar-refractivity contribution in [2.75, 3.05) is 37.3 Å². The molecule has 0 aliphatic carbocycles. The van der Waals surface area contributed by atoms with Gasteiger partial charge in [-0.05, 0) is 81.6 Å². The van der Waals surface area contributed by atoms with Crippen molar-refractivity contribution in [3.05, 3.63) is 70.4 Å². The van der Waals surface area contributed by atoms with Gasteiger partial charge in [0.05, 0.1) is 39.4 Å². The summed E-state index contributed by atoms with van der Waals surface area (Å²) in [5, 5.41) is 19.9. The number of halogens is 3. The molecule has 10 nitrogen and oxygen atoms in total. The highest BCUT2D eigenvalue weighted by molar-refractivity contribution is 7.90. The lowest BCUT2D eigenvalue weighted by Crippen LogP contribution is -2.58. The Hall–Kier alpha value is -4.40. The summed E-state index contributed by atoms with van der Waals surface area (Å²) in [4.78, 5) is 33.9. The predicted octanol–water partition coefficient (Wildman–Crippen LogP) is 5.83. The number of allylic oxidation sites excluding steroid dienone is 1. The first-order valence-electron chi connectivity index (χ1n) is 14.9. The molecule has 46 heavy (non-hydrogen) atoms. The smallest absolute Gasteiger partial charge is 0.324 e. The average Bonchev–Trinajstić information content (AvgIpc) is 3.04. The van der Waals surface area contributed by atoms with E-state index >= 15 is 0 Å². The van der Waals surface area contributed by atoms with Gasteiger partial charge in [0, 0.05) is 31.1 Å². The number of nitriles is 2. The molecule has 2 aromatic carbocycles. The van der Waals surface area contributed by atoms with Crippen molar-refractivity contribution in [2.24, 2.45) is 0 Å². The minimum atomic E-state index is -4.73. The minimum absolute atomic E-state index is 0.00812. The van der Waals surface area contributed by atoms with Crippen LogP contribution in [0.25, 0.3) is 0 Å². The molecule has 2 fully saturated rings. The van der Waals surface area contributed by atoms with Crippen molar-refractivity contribution in [2.45, 2.75) is 62.2 Å². The molecule has 0 saturated carbocycles. The number of hydrogen-bond donors (Lipinski definition) is 0. The maximum atomic E-state index is 14.4. The van der Waals surface area contributed by atoms with Crippen LogP contribution < -0.4 is 4.90 Å². The van der Waals surface area contributed by atoms with Crippen molar-refractivity contribution in [1.82, 2.24) is 14.7 Å². The first-order chi connectivity index (χ1) is 21.8. The van der Waals surface area contributed by atoms with Crippen LogP contribution in [-0.2, 0) is 16.0 Å². The van der Waals surface area contributed by atoms with E-state index in [0.717, 1.165) is 66.3 Å². The number of imide groups is 1. The number of carbonyl (C=O) groups excluding carboxylic acids is 2. The van der Waals surface area contributed by atoms with Crippen LogP contribution in [-0.4, -0.2) is 73.7 Å². The van der Waals surface area contributed by atoms with Gasteiger partial charge in [-0.3, -0.25) is 4.90 Å². The summed E-state index contributed by atoms with van der Waals surface area (Å²) in [5.41, 5.74) is -1.58. The molecular formula is C32H33F3N6O4S. The summed E-state index contributed by atoms with van der Waals surface area (Å²) in [5.74, 6) is 0. The molecule has 0 bridgehead atoms. The van der Waals surface area contributed by atoms with Gasteiger partial charge in [0.2, 0.25) is 0 Å². The van der Waals surface area contributed by atoms with E-state index in [1.165, 1.54) is 36.4 Å². The highest BCUT2D eigenvalue weighted by atomic mass is 32.2. The molecule has 3 heterocycles. The monoisotopic (exact) mass is 654 g/mol. The molecule has 5 rings (SSSR count). The Labute approximate surface area is 265 Å². The van der Waals surface area contributed by atoms with E-state index in [2.05, 4.69) is 4.90 Å². The molecule has 0 unspecified atom stereocenters. The van der Waals surface area contributed by atoms with Gasteiger partial charge in [-0.2, -0.15) is 23.7 Å². The lowest BCUT2D eigenvalue weighted by Gasteiger charge is -2.45. The number of likely N-dealkylation sites (tertiary alicyclic amines) is 2. The van der Waals surface area contributed by atoms with Crippen LogP contribution in [0.4, 0.5) is 28.4 Å². The predicted molar refractivity (Wildman–Crippen MR) is 162 cm³/mol. The fraction of sp³-hybridized carbons (Fsp3) is 0.438. The number of sulfone groups is 1. The normalized spacial score (nSPS) is 20.5. The number of amides is 4. The van der Waals surface area contributed by atoms with Crippen LogP contribution in [0.2, 0.25) is 0 Å². The number of hydrogen-bond acceptors (Lipinski definition) is 7. The second-order valence-electron chi connectivity index (χ2n) is 11.8. The Morgan fingerprint density at radius 3 is 2.22 bits per heavy atom. The molecule has 3 aliphatic rings. The van der Waals surface area contributed by atoms with Gasteiger partial charge < -0.3 is 9.80 Å². The van der Waals surface area contributed by atoms with Gasteiger partial charge >= 0.3 is 18.2 Å². The highest BCUT2D eigenvalue weighted by Crippen LogP contribution is 2.43. The third-order valence-electron chi connectivity index (χ3n) is 8.89. The lowest BCUT2D eigenvalue weighted by atomic mass is 9.92. The van der Waals surface area contributed by atoms with Crippen LogP contribution in [0.1, 0.15) is 61.8 Å². The minimum Gasteiger partial charge on any atom is -0.324 e. The fourth-order valence-electron chi connectivity index (χ4n) is 6.57. The van der Waals surface area contributed by atoms with Crippen LogP contribution in [0.3, 0.4) is 0 Å². The number of benzene rings is 2. The van der Waals surface area contributed by atoms with Gasteiger partial charge in [-0.25, -0.2) is 22.9 Å². The number of rotatable bonds is 4. The van der Waals surface area contributed by atoms with Gasteiger partial charge in [-0.15, -0.1) is 0 Å². The van der Waals surface area contributed by atoms with Gasteiger partial charge in [-0.1, -0.05) is 18.6 Å². The van der Waals surface area contributed by atoms with Crippen molar-refractivity contribution in [1.29, 1.82) is 10.5 Å². The average molecular weight is 655 g/mol. The fourth-order valence-corrected chi connectivity index (χ4v) is 7.52. The van der Waals surface area contributed by atoms with Crippen LogP contribution in [0.15, 0.2) is 58.6 Å². The lowest BCUT2D eigenvalue weighted by molar-refractivity contribution is -0.137. The Morgan fingerprint density at radius 1 is 0.957 bits per heavy atom. The molecule has 0 spiro atoms. The SMILES string of the molecule is CC1=C(C#N)[C@@H](c2ccc(C#N)cc2S(C)(=O)=O)N(C(=O)N2CCC(N3CCCCC3)CC2)C(=O)N1c1cccc(C(F)(F)F)c1. The quantitative estimate of drug-likeness (QED) is 0.406. The molecule has 14 heteroatoms. The number of anilines is 1. The van der Waals surface area contributed by atoms with E-state index in [4.69, 9.17) is 0 Å². The van der Waals surface area contributed by atoms with E-state index in [-0.39, 0.29) is 52.1 Å². The zero-order valence-electron chi connectivity index (χ0n) is 25.4. The summed E-state index contributed by atoms with van der Waals surface area (Å²) in [6, 6.07) is 8.49. The van der Waals surface area contributed by atoms with E-state index < -0.39 is 39.7 Å². The Morgan fingerprint density at radius 2 is 1.63 bits per heavy atom. The number of carbonyl (C=O) groups is 2. The van der Waals surface area contributed by atoms with E-state index in [0.29, 0.717) is 12.8 Å². The molecule has 0 aromatic heterocycles. The first-order valence-corrected chi connectivity index (χ1v) is 16.8. The zero-order chi connectivity index (χ0) is 33.4. The molecule has 3 aliphatic heterocycles. The molecule has 0 N–H and O–H groups in total. The summed E-state index contributed by atoms with van der Waals surface area (Å²) in [6.07, 6.45) is 0.839. The number of urea groups is 2. The van der Waals surface area contributed by atoms with Gasteiger partial charge in [0.15, 0.2) is 9.84 Å². The zero-order valence-corrected chi connectivity index (χ0v) is 26.2. The summed E-state index contributed by atoms with van der Waals surface area (Å²) >= 11 is 0. The van der Waals surface area contributed by atoms with Crippen LogP contribution in [0, 0.1) is 22.7 Å². The van der Waals surface area contributed by atoms with Crippen molar-refractivity contribution < 1.29 is 31.2 Å². The van der Waals surface area contributed by atoms with Crippen molar-refractivity contribution >= 4 is 27.6 Å². The largest absolute Gasteiger partial charge is 0.416 e. The first kappa shape index (κ1) is 33.0. The van der Waals surface area contributed by atoms with Gasteiger partial charge in [0.25, 0.3) is 0 Å². The second-order valence-corrected chi connectivity index (χ2v) is 13.8. The van der Waals surface area contributed by atoms with Gasteiger partial charge in [0.1, 0.15) is 6.04 Å². The molecule has 4 amide bonds. The topological polar surface area (TPSA) is 129 Å². The van der Waals surface area contributed by atoms with E-state index in [1.807, 2.05) is 12.1 Å². The van der Waals surface area contributed by atoms with Crippen LogP contribution in [0.5, 0.6) is 0 Å². The molecule has 242 valence electrons. The maximum Gasteiger partial charge on any atom is 0.416 e. The maximum absolute atomic E-state index is 14.4. The summed E-state index contributed by atoms with van der Waals surface area (Å²) in [6.45, 7) is 3.88. The van der Waals surface area contributed by atoms with E-state index in [9.17, 15) is 41.7 Å².